The van der Waals surface area contributed by atoms with Crippen LogP contribution in [0.5, 0.6) is 5.75 Å². The number of rotatable bonds is 10. The number of pyridine rings is 1. The summed E-state index contributed by atoms with van der Waals surface area (Å²) < 4.78 is 34.9. The highest BCUT2D eigenvalue weighted by Crippen LogP contribution is 2.52. The summed E-state index contributed by atoms with van der Waals surface area (Å²) in [4.78, 5) is 28.7. The van der Waals surface area contributed by atoms with Gasteiger partial charge in [-0.25, -0.2) is 13.1 Å². The molecule has 0 bridgehead atoms. The van der Waals surface area contributed by atoms with Crippen LogP contribution in [0.2, 0.25) is 0 Å². The van der Waals surface area contributed by atoms with E-state index >= 15 is 0 Å². The van der Waals surface area contributed by atoms with Gasteiger partial charge in [-0.3, -0.25) is 9.78 Å². The predicted molar refractivity (Wildman–Crippen MR) is 129 cm³/mol. The summed E-state index contributed by atoms with van der Waals surface area (Å²) in [5.74, 6) is -0.0553. The summed E-state index contributed by atoms with van der Waals surface area (Å²) in [7, 11) is -4.13. The Hall–Kier alpha value is -3.26. The zero-order valence-electron chi connectivity index (χ0n) is 19.3. The van der Waals surface area contributed by atoms with Crippen LogP contribution in [0.15, 0.2) is 59.6 Å². The first-order valence-corrected chi connectivity index (χ1v) is 13.0. The fraction of sp³-hybridized carbons (Fsp3) is 0.346. The van der Waals surface area contributed by atoms with Crippen molar-refractivity contribution in [2.75, 3.05) is 0 Å². The quantitative estimate of drug-likeness (QED) is 0.439. The van der Waals surface area contributed by atoms with Crippen LogP contribution in [0.1, 0.15) is 50.7 Å². The van der Waals surface area contributed by atoms with E-state index in [-0.39, 0.29) is 17.4 Å². The number of sulfonamides is 1. The molecule has 0 aliphatic heterocycles. The highest BCUT2D eigenvalue weighted by molar-refractivity contribution is 7.90. The predicted octanol–water partition coefficient (Wildman–Crippen LogP) is 4.08. The lowest BCUT2D eigenvalue weighted by molar-refractivity contribution is -0.121. The number of ether oxygens (including phenoxy) is 1. The minimum Gasteiger partial charge on any atom is -0.490 e. The average molecular weight is 481 g/mol. The molecule has 1 fully saturated rings. The molecule has 0 saturated heterocycles. The number of aromatic nitrogens is 1. The van der Waals surface area contributed by atoms with E-state index in [0.29, 0.717) is 41.5 Å². The number of hydrogen-bond donors (Lipinski definition) is 1. The molecule has 34 heavy (non-hydrogen) atoms. The summed E-state index contributed by atoms with van der Waals surface area (Å²) >= 11 is 0. The van der Waals surface area contributed by atoms with Gasteiger partial charge in [0, 0.05) is 23.6 Å². The van der Waals surface area contributed by atoms with Crippen molar-refractivity contribution < 1.29 is 22.7 Å². The monoisotopic (exact) mass is 480 g/mol. The minimum atomic E-state index is -4.13. The summed E-state index contributed by atoms with van der Waals surface area (Å²) in [6, 6.07) is 13.8. The molecular formula is C26H28N2O5S. The molecule has 8 heteroatoms. The Labute approximate surface area is 199 Å². The fourth-order valence-electron chi connectivity index (χ4n) is 4.19. The van der Waals surface area contributed by atoms with Crippen molar-refractivity contribution in [1.29, 1.82) is 0 Å². The molecule has 1 aliphatic rings. The van der Waals surface area contributed by atoms with Crippen LogP contribution in [0, 0.1) is 0 Å². The van der Waals surface area contributed by atoms with Gasteiger partial charge in [0.1, 0.15) is 18.1 Å². The molecule has 7 nitrogen and oxygen atoms in total. The first kappa shape index (κ1) is 23.9. The number of hydrogen-bond acceptors (Lipinski definition) is 6. The van der Waals surface area contributed by atoms with Crippen molar-refractivity contribution >= 4 is 33.1 Å². The standard InChI is InChI=1S/C26H28N2O5S/c1-3-18-10-11-23(33-19(4-2)12-16-29)21(17-18)26(13-14-26)25(30)28-34(31,32)24-9-5-8-22-20(24)7-6-15-27-22/h5-11,15-17,19H,3-4,12-14H2,1-2H3,(H,28,30)/t19-/m1/s1. The van der Waals surface area contributed by atoms with E-state index in [1.54, 1.807) is 30.5 Å². The zero-order valence-corrected chi connectivity index (χ0v) is 20.1. The largest absolute Gasteiger partial charge is 0.490 e. The third kappa shape index (κ3) is 4.55. The topological polar surface area (TPSA) is 102 Å². The Morgan fingerprint density at radius 2 is 1.97 bits per heavy atom. The molecule has 0 radical (unpaired) electrons. The molecular weight excluding hydrogens is 452 g/mol. The van der Waals surface area contributed by atoms with Crippen LogP contribution in [-0.2, 0) is 31.4 Å². The van der Waals surface area contributed by atoms with Crippen molar-refractivity contribution in [3.63, 3.8) is 0 Å². The van der Waals surface area contributed by atoms with Crippen molar-refractivity contribution in [3.05, 3.63) is 65.9 Å². The Morgan fingerprint density at radius 1 is 1.18 bits per heavy atom. The van der Waals surface area contributed by atoms with Gasteiger partial charge in [-0.2, -0.15) is 0 Å². The molecule has 2 aromatic carbocycles. The molecule has 1 saturated carbocycles. The van der Waals surface area contributed by atoms with Crippen LogP contribution >= 0.6 is 0 Å². The van der Waals surface area contributed by atoms with Gasteiger partial charge in [0.15, 0.2) is 0 Å². The van der Waals surface area contributed by atoms with E-state index in [0.717, 1.165) is 18.3 Å². The lowest BCUT2D eigenvalue weighted by Gasteiger charge is -2.23. The molecule has 1 amide bonds. The van der Waals surface area contributed by atoms with Crippen molar-refractivity contribution in [3.8, 4) is 5.75 Å². The second-order valence-electron chi connectivity index (χ2n) is 8.58. The smallest absolute Gasteiger partial charge is 0.264 e. The van der Waals surface area contributed by atoms with E-state index < -0.39 is 21.3 Å². The Morgan fingerprint density at radius 3 is 2.65 bits per heavy atom. The SMILES string of the molecule is CCc1ccc(O[C@H](CC)CC=O)c(C2(C(=O)NS(=O)(=O)c3cccc4ncccc34)CC2)c1. The second-order valence-corrected chi connectivity index (χ2v) is 10.2. The number of amides is 1. The molecule has 3 aromatic rings. The van der Waals surface area contributed by atoms with Crippen LogP contribution in [0.25, 0.3) is 10.9 Å². The maximum Gasteiger partial charge on any atom is 0.264 e. The van der Waals surface area contributed by atoms with Crippen LogP contribution in [-0.4, -0.2) is 31.7 Å². The van der Waals surface area contributed by atoms with Crippen molar-refractivity contribution in [2.45, 2.75) is 62.4 Å². The van der Waals surface area contributed by atoms with Crippen molar-refractivity contribution in [2.24, 2.45) is 0 Å². The minimum absolute atomic E-state index is 0.0121. The number of carbonyl (C=O) groups excluding carboxylic acids is 2. The summed E-state index contributed by atoms with van der Waals surface area (Å²) in [5.41, 5.74) is 1.23. The van der Waals surface area contributed by atoms with Gasteiger partial charge in [0.05, 0.1) is 15.8 Å². The summed E-state index contributed by atoms with van der Waals surface area (Å²) in [5, 5.41) is 0.451. The maximum absolute atomic E-state index is 13.5. The Bertz CT molecular complexity index is 1330. The molecule has 0 unspecified atom stereocenters. The highest BCUT2D eigenvalue weighted by Gasteiger charge is 2.54. The molecule has 0 spiro atoms. The lowest BCUT2D eigenvalue weighted by Crippen LogP contribution is -2.39. The van der Waals surface area contributed by atoms with Crippen LogP contribution < -0.4 is 9.46 Å². The number of nitrogens with zero attached hydrogens (tertiary/aromatic N) is 1. The van der Waals surface area contributed by atoms with E-state index in [1.165, 1.54) is 6.07 Å². The number of aldehydes is 1. The molecule has 1 aliphatic carbocycles. The highest BCUT2D eigenvalue weighted by atomic mass is 32.2. The van der Waals surface area contributed by atoms with Crippen LogP contribution in [0.4, 0.5) is 0 Å². The van der Waals surface area contributed by atoms with Gasteiger partial charge >= 0.3 is 0 Å². The Kier molecular flexibility index (Phi) is 6.70. The third-order valence-corrected chi connectivity index (χ3v) is 7.77. The number of benzene rings is 2. The number of carbonyl (C=O) groups is 2. The van der Waals surface area contributed by atoms with E-state index in [2.05, 4.69) is 9.71 Å². The molecule has 4 rings (SSSR count). The van der Waals surface area contributed by atoms with Crippen LogP contribution in [0.3, 0.4) is 0 Å². The second kappa shape index (κ2) is 9.54. The fourth-order valence-corrected chi connectivity index (χ4v) is 5.46. The summed E-state index contributed by atoms with van der Waals surface area (Å²) in [6.07, 6.45) is 4.77. The molecule has 1 aromatic heterocycles. The van der Waals surface area contributed by atoms with Crippen molar-refractivity contribution in [1.82, 2.24) is 9.71 Å². The molecule has 178 valence electrons. The van der Waals surface area contributed by atoms with Gasteiger partial charge < -0.3 is 9.53 Å². The van der Waals surface area contributed by atoms with E-state index in [4.69, 9.17) is 4.74 Å². The molecule has 1 atom stereocenters. The lowest BCUT2D eigenvalue weighted by atomic mass is 9.92. The van der Waals surface area contributed by atoms with Gasteiger partial charge in [0.2, 0.25) is 5.91 Å². The van der Waals surface area contributed by atoms with E-state index in [1.807, 2.05) is 32.0 Å². The molecule has 1 heterocycles. The van der Waals surface area contributed by atoms with Gasteiger partial charge in [-0.15, -0.1) is 0 Å². The number of nitrogens with one attached hydrogen (secondary N) is 1. The van der Waals surface area contributed by atoms with Gasteiger partial charge in [-0.1, -0.05) is 32.0 Å². The maximum atomic E-state index is 13.5. The zero-order chi connectivity index (χ0) is 24.3. The first-order chi connectivity index (χ1) is 16.3. The van der Waals surface area contributed by atoms with Gasteiger partial charge in [0.25, 0.3) is 10.0 Å². The normalized spacial score (nSPS) is 15.5. The van der Waals surface area contributed by atoms with Gasteiger partial charge in [-0.05, 0) is 61.6 Å². The number of aryl methyl sites for hydroxylation is 1. The van der Waals surface area contributed by atoms with E-state index in [9.17, 15) is 18.0 Å². The number of fused-ring (bicyclic) bond motifs is 1. The average Bonchev–Trinajstić information content (AvgIpc) is 3.65. The summed E-state index contributed by atoms with van der Waals surface area (Å²) in [6.45, 7) is 3.94. The third-order valence-electron chi connectivity index (χ3n) is 6.38. The molecule has 1 N–H and O–H groups in total. The Balaban J connectivity index is 1.68. The first-order valence-electron chi connectivity index (χ1n) is 11.5.